The first-order chi connectivity index (χ1) is 17.1. The maximum absolute atomic E-state index is 13.4. The molecule has 0 N–H and O–H groups in total. The van der Waals surface area contributed by atoms with Crippen LogP contribution < -0.4 is 0 Å². The maximum Gasteiger partial charge on any atom is 0.303 e. The lowest BCUT2D eigenvalue weighted by atomic mass is 9.50. The monoisotopic (exact) mass is 518 g/mol. The maximum atomic E-state index is 13.4. The Morgan fingerprint density at radius 3 is 2.05 bits per heavy atom. The number of carbonyl (C=O) groups is 5. The predicted molar refractivity (Wildman–Crippen MR) is 132 cm³/mol. The Morgan fingerprint density at radius 2 is 1.51 bits per heavy atom. The van der Waals surface area contributed by atoms with Gasteiger partial charge in [0.05, 0.1) is 0 Å². The number of esters is 4. The summed E-state index contributed by atoms with van der Waals surface area (Å²) >= 11 is 0. The van der Waals surface area contributed by atoms with Crippen molar-refractivity contribution < 1.29 is 42.9 Å². The van der Waals surface area contributed by atoms with Gasteiger partial charge in [0.25, 0.3) is 0 Å². The quantitative estimate of drug-likeness (QED) is 0.305. The molecule has 0 aromatic rings. The van der Waals surface area contributed by atoms with E-state index in [1.54, 1.807) is 6.92 Å². The molecular weight excluding hydrogens is 480 g/mol. The minimum absolute atomic E-state index is 0.0405. The Kier molecular flexibility index (Phi) is 8.05. The van der Waals surface area contributed by atoms with Crippen molar-refractivity contribution in [2.24, 2.45) is 22.7 Å². The lowest BCUT2D eigenvalue weighted by Gasteiger charge is -2.58. The number of hydrogen-bond donors (Lipinski definition) is 0. The Bertz CT molecular complexity index is 1070. The summed E-state index contributed by atoms with van der Waals surface area (Å²) in [6.45, 7) is 12.6. The van der Waals surface area contributed by atoms with Crippen molar-refractivity contribution in [2.75, 3.05) is 6.61 Å². The normalized spacial score (nSPS) is 32.7. The van der Waals surface area contributed by atoms with Crippen LogP contribution in [0.4, 0.5) is 0 Å². The first kappa shape index (κ1) is 28.6. The first-order valence-electron chi connectivity index (χ1n) is 12.7. The highest BCUT2D eigenvalue weighted by Gasteiger charge is 2.63. The van der Waals surface area contributed by atoms with Gasteiger partial charge in [0.2, 0.25) is 0 Å². The van der Waals surface area contributed by atoms with Crippen molar-refractivity contribution >= 4 is 29.7 Å². The molecule has 1 saturated carbocycles. The number of hydrogen-bond acceptors (Lipinski definition) is 9. The van der Waals surface area contributed by atoms with Crippen LogP contribution in [0.15, 0.2) is 22.8 Å². The molecule has 6 atom stereocenters. The van der Waals surface area contributed by atoms with Gasteiger partial charge in [-0.1, -0.05) is 26.8 Å². The van der Waals surface area contributed by atoms with Gasteiger partial charge in [-0.25, -0.2) is 0 Å². The highest BCUT2D eigenvalue weighted by atomic mass is 16.6. The van der Waals surface area contributed by atoms with Gasteiger partial charge in [0.15, 0.2) is 11.9 Å². The topological polar surface area (TPSA) is 122 Å². The van der Waals surface area contributed by atoms with E-state index in [4.69, 9.17) is 18.9 Å². The molecule has 3 rings (SSSR count). The third-order valence-corrected chi connectivity index (χ3v) is 8.31. The van der Waals surface area contributed by atoms with Gasteiger partial charge >= 0.3 is 23.9 Å². The van der Waals surface area contributed by atoms with E-state index in [-0.39, 0.29) is 18.8 Å². The highest BCUT2D eigenvalue weighted by Crippen LogP contribution is 2.59. The molecule has 9 heteroatoms. The van der Waals surface area contributed by atoms with E-state index in [0.29, 0.717) is 29.6 Å². The van der Waals surface area contributed by atoms with Crippen LogP contribution >= 0.6 is 0 Å². The van der Waals surface area contributed by atoms with Gasteiger partial charge in [-0.15, -0.1) is 0 Å². The number of rotatable bonds is 5. The molecule has 0 unspecified atom stereocenters. The van der Waals surface area contributed by atoms with Crippen LogP contribution in [-0.2, 0) is 42.9 Å². The molecule has 37 heavy (non-hydrogen) atoms. The molecule has 0 aromatic carbocycles. The summed E-state index contributed by atoms with van der Waals surface area (Å²) in [7, 11) is 0. The van der Waals surface area contributed by atoms with E-state index >= 15 is 0 Å². The molecular formula is C28H38O9. The SMILES string of the molecule is CC(=O)OCC1=CCC[C@@]2(C)[C@@H](OC(C)=O)[C@H](OC(C)=O)C3=C(C)C(=O)C[C@@H]([C@@H](OC(C)=O)[C@H]12)C3(C)C. The molecule has 0 radical (unpaired) electrons. The van der Waals surface area contributed by atoms with Crippen molar-refractivity contribution in [3.63, 3.8) is 0 Å². The molecule has 0 aliphatic heterocycles. The van der Waals surface area contributed by atoms with Crippen LogP contribution in [0.1, 0.15) is 74.7 Å². The van der Waals surface area contributed by atoms with E-state index in [2.05, 4.69) is 0 Å². The summed E-state index contributed by atoms with van der Waals surface area (Å²) in [5, 5.41) is 0. The molecule has 3 aliphatic rings. The predicted octanol–water partition coefficient (Wildman–Crippen LogP) is 3.63. The van der Waals surface area contributed by atoms with Crippen molar-refractivity contribution in [2.45, 2.75) is 93.0 Å². The third-order valence-electron chi connectivity index (χ3n) is 8.31. The third kappa shape index (κ3) is 5.36. The molecule has 2 bridgehead atoms. The average molecular weight is 519 g/mol. The summed E-state index contributed by atoms with van der Waals surface area (Å²) < 4.78 is 23.3. The Morgan fingerprint density at radius 1 is 0.919 bits per heavy atom. The fourth-order valence-corrected chi connectivity index (χ4v) is 6.81. The van der Waals surface area contributed by atoms with Gasteiger partial charge in [0, 0.05) is 51.4 Å². The van der Waals surface area contributed by atoms with Gasteiger partial charge in [-0.3, -0.25) is 24.0 Å². The number of ether oxygens (including phenoxy) is 4. The molecule has 3 aliphatic carbocycles. The second kappa shape index (κ2) is 10.4. The Balaban J connectivity index is 2.39. The lowest BCUT2D eigenvalue weighted by Crippen LogP contribution is -2.63. The fraction of sp³-hybridized carbons (Fsp3) is 0.679. The molecule has 0 spiro atoms. The number of fused-ring (bicyclic) bond motifs is 3. The van der Waals surface area contributed by atoms with E-state index in [1.165, 1.54) is 27.7 Å². The van der Waals surface area contributed by atoms with Crippen LogP contribution in [0, 0.1) is 22.7 Å². The van der Waals surface area contributed by atoms with Gasteiger partial charge < -0.3 is 18.9 Å². The summed E-state index contributed by atoms with van der Waals surface area (Å²) in [6, 6.07) is 0. The number of allylic oxidation sites excluding steroid dienone is 2. The van der Waals surface area contributed by atoms with E-state index in [1.807, 2.05) is 26.8 Å². The summed E-state index contributed by atoms with van der Waals surface area (Å²) in [5.74, 6) is -3.33. The second-order valence-corrected chi connectivity index (χ2v) is 11.2. The molecule has 9 nitrogen and oxygen atoms in total. The largest absolute Gasteiger partial charge is 0.462 e. The number of carbonyl (C=O) groups excluding carboxylic acids is 5. The molecule has 204 valence electrons. The zero-order chi connectivity index (χ0) is 27.9. The lowest BCUT2D eigenvalue weighted by molar-refractivity contribution is -0.198. The van der Waals surface area contributed by atoms with E-state index < -0.39 is 64.9 Å². The Hall–Kier alpha value is -2.97. The molecule has 0 amide bonds. The average Bonchev–Trinajstić information content (AvgIpc) is 2.75. The zero-order valence-electron chi connectivity index (χ0n) is 23.0. The smallest absolute Gasteiger partial charge is 0.303 e. The van der Waals surface area contributed by atoms with Crippen LogP contribution in [0.3, 0.4) is 0 Å². The molecule has 0 saturated heterocycles. The van der Waals surface area contributed by atoms with Crippen LogP contribution in [0.2, 0.25) is 0 Å². The first-order valence-corrected chi connectivity index (χ1v) is 12.7. The standard InChI is InChI=1S/C28H38O9/c1-14-21(33)12-20-24(35-16(3)30)23-19(13-34-15(2)29)10-9-11-28(23,8)26(37-18(5)32)25(36-17(4)31)22(14)27(20,6)7/h10,20,23-26H,9,11-13H2,1-8H3/t20-,23-,24+,25+,26-,28+/m0/s1. The van der Waals surface area contributed by atoms with Crippen LogP contribution in [0.5, 0.6) is 0 Å². The highest BCUT2D eigenvalue weighted by molar-refractivity contribution is 5.97. The van der Waals surface area contributed by atoms with Gasteiger partial charge in [0.1, 0.15) is 18.8 Å². The number of ketones is 1. The molecule has 0 aromatic heterocycles. The van der Waals surface area contributed by atoms with Crippen molar-refractivity contribution in [1.29, 1.82) is 0 Å². The Labute approximate surface area is 217 Å². The molecule has 1 fully saturated rings. The van der Waals surface area contributed by atoms with Crippen molar-refractivity contribution in [3.8, 4) is 0 Å². The van der Waals surface area contributed by atoms with Crippen molar-refractivity contribution in [1.82, 2.24) is 0 Å². The second-order valence-electron chi connectivity index (χ2n) is 11.2. The minimum Gasteiger partial charge on any atom is -0.462 e. The van der Waals surface area contributed by atoms with Gasteiger partial charge in [-0.05, 0) is 41.9 Å². The fourth-order valence-electron chi connectivity index (χ4n) is 6.81. The number of Topliss-reactive ketones (excluding diaryl/α,β-unsaturated/α-hetero) is 1. The van der Waals surface area contributed by atoms with Crippen LogP contribution in [-0.4, -0.2) is 54.6 Å². The summed E-state index contributed by atoms with van der Waals surface area (Å²) in [5.41, 5.74) is 0.0773. The summed E-state index contributed by atoms with van der Waals surface area (Å²) in [6.07, 6.45) is 0.366. The van der Waals surface area contributed by atoms with Crippen LogP contribution in [0.25, 0.3) is 0 Å². The van der Waals surface area contributed by atoms with Crippen molar-refractivity contribution in [3.05, 3.63) is 22.8 Å². The molecule has 0 heterocycles. The minimum atomic E-state index is -1.03. The van der Waals surface area contributed by atoms with Gasteiger partial charge in [-0.2, -0.15) is 0 Å². The van der Waals surface area contributed by atoms with E-state index in [0.717, 1.165) is 0 Å². The zero-order valence-corrected chi connectivity index (χ0v) is 23.0. The summed E-state index contributed by atoms with van der Waals surface area (Å²) in [4.78, 5) is 62.5. The van der Waals surface area contributed by atoms with E-state index in [9.17, 15) is 24.0 Å².